The Bertz CT molecular complexity index is 528. The summed E-state index contributed by atoms with van der Waals surface area (Å²) in [5.41, 5.74) is 6.84. The third kappa shape index (κ3) is 2.16. The molecule has 0 aromatic carbocycles. The van der Waals surface area contributed by atoms with E-state index < -0.39 is 0 Å². The van der Waals surface area contributed by atoms with Gasteiger partial charge in [0, 0.05) is 25.8 Å². The molecule has 0 bridgehead atoms. The van der Waals surface area contributed by atoms with Gasteiger partial charge in [0.05, 0.1) is 12.0 Å². The Morgan fingerprint density at radius 2 is 2.35 bits per heavy atom. The van der Waals surface area contributed by atoms with E-state index in [1.54, 1.807) is 17.2 Å². The van der Waals surface area contributed by atoms with Gasteiger partial charge in [-0.3, -0.25) is 14.6 Å². The van der Waals surface area contributed by atoms with Crippen LogP contribution in [-0.2, 0) is 11.3 Å². The molecule has 1 aromatic heterocycles. The van der Waals surface area contributed by atoms with Crippen LogP contribution in [0.2, 0.25) is 0 Å². The predicted molar refractivity (Wildman–Crippen MR) is 72.7 cm³/mol. The van der Waals surface area contributed by atoms with E-state index in [4.69, 9.17) is 5.73 Å². The molecule has 0 spiro atoms. The van der Waals surface area contributed by atoms with Crippen LogP contribution in [0.25, 0.3) is 0 Å². The fraction of sp³-hybridized carbons (Fsp3) is 0.500. The molecule has 2 saturated heterocycles. The van der Waals surface area contributed by atoms with Crippen molar-refractivity contribution in [3.8, 4) is 0 Å². The smallest absolute Gasteiger partial charge is 0.272 e. The first kappa shape index (κ1) is 13.1. The third-order valence-electron chi connectivity index (χ3n) is 4.14. The summed E-state index contributed by atoms with van der Waals surface area (Å²) in [6, 6.07) is 3.50. The van der Waals surface area contributed by atoms with Crippen LogP contribution < -0.4 is 11.1 Å². The number of carbonyl (C=O) groups excluding carboxylic acids is 2. The van der Waals surface area contributed by atoms with Gasteiger partial charge in [-0.15, -0.1) is 0 Å². The monoisotopic (exact) mass is 274 g/mol. The van der Waals surface area contributed by atoms with Crippen LogP contribution in [0.5, 0.6) is 0 Å². The molecule has 6 nitrogen and oxygen atoms in total. The average molecular weight is 274 g/mol. The molecular formula is C14H18N4O2. The lowest BCUT2D eigenvalue weighted by Gasteiger charge is -2.35. The topological polar surface area (TPSA) is 88.3 Å². The molecule has 2 unspecified atom stereocenters. The zero-order chi connectivity index (χ0) is 14.1. The number of amides is 2. The minimum atomic E-state index is -0.0974. The lowest BCUT2D eigenvalue weighted by Crippen LogP contribution is -2.48. The largest absolute Gasteiger partial charge is 0.354 e. The number of pyridine rings is 1. The molecule has 3 rings (SSSR count). The van der Waals surface area contributed by atoms with Gasteiger partial charge in [0.25, 0.3) is 5.91 Å². The first-order valence-corrected chi connectivity index (χ1v) is 6.94. The summed E-state index contributed by atoms with van der Waals surface area (Å²) in [5, 5.41) is 2.85. The number of hydrogen-bond acceptors (Lipinski definition) is 4. The number of nitrogens with zero attached hydrogens (tertiary/aromatic N) is 2. The number of rotatable bonds is 2. The van der Waals surface area contributed by atoms with Gasteiger partial charge in [0.15, 0.2) is 0 Å². The zero-order valence-electron chi connectivity index (χ0n) is 11.2. The second-order valence-corrected chi connectivity index (χ2v) is 5.32. The van der Waals surface area contributed by atoms with Crippen LogP contribution in [0.1, 0.15) is 28.9 Å². The van der Waals surface area contributed by atoms with Crippen LogP contribution in [0.3, 0.4) is 0 Å². The number of fused-ring (bicyclic) bond motifs is 1. The number of carbonyl (C=O) groups is 2. The Morgan fingerprint density at radius 1 is 1.50 bits per heavy atom. The maximum atomic E-state index is 12.5. The quantitative estimate of drug-likeness (QED) is 0.787. The fourth-order valence-corrected chi connectivity index (χ4v) is 3.02. The van der Waals surface area contributed by atoms with E-state index in [2.05, 4.69) is 10.3 Å². The molecule has 3 heterocycles. The number of nitrogens with two attached hydrogens (primary N) is 1. The van der Waals surface area contributed by atoms with Gasteiger partial charge in [-0.25, -0.2) is 0 Å². The first-order valence-electron chi connectivity index (χ1n) is 6.94. The summed E-state index contributed by atoms with van der Waals surface area (Å²) >= 11 is 0. The van der Waals surface area contributed by atoms with Gasteiger partial charge in [-0.2, -0.15) is 0 Å². The number of hydrogen-bond donors (Lipinski definition) is 2. The highest BCUT2D eigenvalue weighted by molar-refractivity contribution is 5.94. The van der Waals surface area contributed by atoms with Gasteiger partial charge < -0.3 is 16.0 Å². The van der Waals surface area contributed by atoms with Crippen LogP contribution in [0.4, 0.5) is 0 Å². The van der Waals surface area contributed by atoms with Crippen LogP contribution in [0, 0.1) is 5.92 Å². The molecule has 1 aromatic rings. The van der Waals surface area contributed by atoms with E-state index in [1.165, 1.54) is 0 Å². The van der Waals surface area contributed by atoms with Crippen LogP contribution in [-0.4, -0.2) is 40.8 Å². The first-order chi connectivity index (χ1) is 9.70. The molecular weight excluding hydrogens is 256 g/mol. The van der Waals surface area contributed by atoms with Crippen molar-refractivity contribution < 1.29 is 9.59 Å². The molecule has 0 aliphatic carbocycles. The molecule has 0 radical (unpaired) electrons. The summed E-state index contributed by atoms with van der Waals surface area (Å²) in [7, 11) is 0. The van der Waals surface area contributed by atoms with E-state index >= 15 is 0 Å². The fourth-order valence-electron chi connectivity index (χ4n) is 3.02. The van der Waals surface area contributed by atoms with Crippen LogP contribution in [0.15, 0.2) is 18.3 Å². The van der Waals surface area contributed by atoms with Crippen molar-refractivity contribution in [2.45, 2.75) is 25.4 Å². The lowest BCUT2D eigenvalue weighted by molar-refractivity contribution is -0.123. The van der Waals surface area contributed by atoms with E-state index in [0.717, 1.165) is 18.4 Å². The molecule has 3 N–H and O–H groups in total. The highest BCUT2D eigenvalue weighted by atomic mass is 16.2. The van der Waals surface area contributed by atoms with Crippen molar-refractivity contribution in [1.82, 2.24) is 15.2 Å². The predicted octanol–water partition coefficient (Wildman–Crippen LogP) is -0.109. The molecule has 20 heavy (non-hydrogen) atoms. The van der Waals surface area contributed by atoms with Crippen molar-refractivity contribution in [3.63, 3.8) is 0 Å². The van der Waals surface area contributed by atoms with Crippen LogP contribution >= 0.6 is 0 Å². The van der Waals surface area contributed by atoms with Gasteiger partial charge in [0.2, 0.25) is 5.91 Å². The molecule has 2 fully saturated rings. The van der Waals surface area contributed by atoms with Crippen molar-refractivity contribution in [2.24, 2.45) is 11.7 Å². The number of likely N-dealkylation sites (tertiary alicyclic amines) is 1. The minimum Gasteiger partial charge on any atom is -0.354 e. The number of nitrogens with one attached hydrogen (secondary N) is 1. The van der Waals surface area contributed by atoms with E-state index in [1.807, 2.05) is 6.07 Å². The number of aromatic nitrogens is 1. The van der Waals surface area contributed by atoms with Gasteiger partial charge in [-0.05, 0) is 24.5 Å². The third-order valence-corrected chi connectivity index (χ3v) is 4.14. The Labute approximate surface area is 117 Å². The minimum absolute atomic E-state index is 0.0280. The van der Waals surface area contributed by atoms with E-state index in [-0.39, 0.29) is 23.8 Å². The molecule has 2 atom stereocenters. The second kappa shape index (κ2) is 5.20. The SMILES string of the molecule is NCc1ccc(C(=O)N2CCCC3C(=O)NCC32)nc1. The van der Waals surface area contributed by atoms with Crippen molar-refractivity contribution in [1.29, 1.82) is 0 Å². The highest BCUT2D eigenvalue weighted by Crippen LogP contribution is 2.28. The van der Waals surface area contributed by atoms with Gasteiger partial charge in [0.1, 0.15) is 5.69 Å². The second-order valence-electron chi connectivity index (χ2n) is 5.32. The zero-order valence-corrected chi connectivity index (χ0v) is 11.2. The van der Waals surface area contributed by atoms with Crippen molar-refractivity contribution in [3.05, 3.63) is 29.6 Å². The van der Waals surface area contributed by atoms with Gasteiger partial charge in [-0.1, -0.05) is 6.07 Å². The summed E-state index contributed by atoms with van der Waals surface area (Å²) in [5.74, 6) is -0.0882. The average Bonchev–Trinajstić information content (AvgIpc) is 2.88. The maximum Gasteiger partial charge on any atom is 0.272 e. The Balaban J connectivity index is 1.80. The summed E-state index contributed by atoms with van der Waals surface area (Å²) in [6.07, 6.45) is 3.35. The molecule has 2 aliphatic heterocycles. The highest BCUT2D eigenvalue weighted by Gasteiger charge is 2.42. The molecule has 106 valence electrons. The lowest BCUT2D eigenvalue weighted by atomic mass is 9.91. The van der Waals surface area contributed by atoms with E-state index in [9.17, 15) is 9.59 Å². The molecule has 6 heteroatoms. The summed E-state index contributed by atoms with van der Waals surface area (Å²) < 4.78 is 0. The molecule has 2 aliphatic rings. The van der Waals surface area contributed by atoms with Gasteiger partial charge >= 0.3 is 0 Å². The van der Waals surface area contributed by atoms with E-state index in [0.29, 0.717) is 25.3 Å². The standard InChI is InChI=1S/C14H18N4O2/c15-6-9-3-4-11(16-7-9)14(20)18-5-1-2-10-12(18)8-17-13(10)19/h3-4,7,10,12H,1-2,5-6,8,15H2,(H,17,19). The Hall–Kier alpha value is -1.95. The normalized spacial score (nSPS) is 25.2. The number of piperidine rings is 1. The summed E-state index contributed by atoms with van der Waals surface area (Å²) in [6.45, 7) is 1.65. The molecule has 2 amide bonds. The maximum absolute atomic E-state index is 12.5. The Kier molecular flexibility index (Phi) is 3.40. The summed E-state index contributed by atoms with van der Waals surface area (Å²) in [4.78, 5) is 30.2. The van der Waals surface area contributed by atoms with Crippen molar-refractivity contribution >= 4 is 11.8 Å². The molecule has 0 saturated carbocycles. The Morgan fingerprint density at radius 3 is 3.05 bits per heavy atom. The van der Waals surface area contributed by atoms with Crippen molar-refractivity contribution in [2.75, 3.05) is 13.1 Å².